The lowest BCUT2D eigenvalue weighted by atomic mass is 10.0. The van der Waals surface area contributed by atoms with Crippen molar-refractivity contribution in [3.63, 3.8) is 0 Å². The van der Waals surface area contributed by atoms with Crippen molar-refractivity contribution in [2.45, 2.75) is 19.1 Å². The van der Waals surface area contributed by atoms with Crippen LogP contribution in [-0.2, 0) is 19.1 Å². The molecule has 106 valence electrons. The van der Waals surface area contributed by atoms with Crippen LogP contribution in [0.3, 0.4) is 0 Å². The molecule has 1 aromatic rings. The maximum absolute atomic E-state index is 11.8. The minimum Gasteiger partial charge on any atom is -0.507 e. The van der Waals surface area contributed by atoms with E-state index in [1.807, 2.05) is 6.92 Å². The van der Waals surface area contributed by atoms with E-state index >= 15 is 0 Å². The Bertz CT molecular complexity index is 572. The predicted octanol–water partition coefficient (Wildman–Crippen LogP) is 0.723. The van der Waals surface area contributed by atoms with Crippen molar-refractivity contribution in [1.82, 2.24) is 0 Å². The van der Waals surface area contributed by atoms with Crippen molar-refractivity contribution < 1.29 is 29.3 Å². The molecule has 0 aliphatic carbocycles. The van der Waals surface area contributed by atoms with Gasteiger partial charge in [0.05, 0.1) is 7.11 Å². The number of carbonyl (C=O) groups excluding carboxylic acids is 2. The van der Waals surface area contributed by atoms with Gasteiger partial charge in [-0.25, -0.2) is 9.59 Å². The fourth-order valence-electron chi connectivity index (χ4n) is 1.92. The van der Waals surface area contributed by atoms with Crippen molar-refractivity contribution in [3.05, 3.63) is 41.2 Å². The van der Waals surface area contributed by atoms with Gasteiger partial charge < -0.3 is 19.7 Å². The summed E-state index contributed by atoms with van der Waals surface area (Å²) in [5, 5.41) is 19.7. The monoisotopic (exact) mass is 278 g/mol. The number of aliphatic hydroxyl groups excluding tert-OH is 2. The van der Waals surface area contributed by atoms with Crippen LogP contribution in [-0.4, -0.2) is 41.5 Å². The molecule has 0 aromatic heterocycles. The highest BCUT2D eigenvalue weighted by molar-refractivity contribution is 6.19. The second-order valence-corrected chi connectivity index (χ2v) is 4.42. The number of ether oxygens (including phenoxy) is 2. The van der Waals surface area contributed by atoms with Crippen molar-refractivity contribution in [2.24, 2.45) is 0 Å². The highest BCUT2D eigenvalue weighted by atomic mass is 16.6. The molecule has 0 unspecified atom stereocenters. The first-order valence-electron chi connectivity index (χ1n) is 5.92. The quantitative estimate of drug-likeness (QED) is 0.791. The molecule has 0 saturated heterocycles. The Labute approximate surface area is 115 Å². The normalized spacial score (nSPS) is 19.8. The van der Waals surface area contributed by atoms with E-state index in [4.69, 9.17) is 4.74 Å². The van der Waals surface area contributed by atoms with E-state index in [9.17, 15) is 19.8 Å². The summed E-state index contributed by atoms with van der Waals surface area (Å²) in [6.45, 7) is 1.88. The topological polar surface area (TPSA) is 93.1 Å². The second kappa shape index (κ2) is 5.34. The average molecular weight is 278 g/mol. The van der Waals surface area contributed by atoms with Gasteiger partial charge in [-0.15, -0.1) is 0 Å². The summed E-state index contributed by atoms with van der Waals surface area (Å²) in [5.41, 5.74) is 1.39. The summed E-state index contributed by atoms with van der Waals surface area (Å²) in [6, 6.07) is 6.84. The fraction of sp³-hybridized carbons (Fsp3) is 0.286. The zero-order valence-corrected chi connectivity index (χ0v) is 11.0. The van der Waals surface area contributed by atoms with Crippen LogP contribution >= 0.6 is 0 Å². The number of aryl methyl sites for hydroxylation is 1. The van der Waals surface area contributed by atoms with Crippen LogP contribution in [0.2, 0.25) is 0 Å². The zero-order chi connectivity index (χ0) is 14.9. The average Bonchev–Trinajstić information content (AvgIpc) is 2.73. The van der Waals surface area contributed by atoms with Crippen LogP contribution in [0.15, 0.2) is 30.0 Å². The van der Waals surface area contributed by atoms with Gasteiger partial charge in [0.25, 0.3) is 0 Å². The van der Waals surface area contributed by atoms with Gasteiger partial charge in [0.2, 0.25) is 0 Å². The smallest absolute Gasteiger partial charge is 0.343 e. The van der Waals surface area contributed by atoms with Gasteiger partial charge >= 0.3 is 11.9 Å². The molecule has 2 atom stereocenters. The van der Waals surface area contributed by atoms with E-state index in [0.717, 1.165) is 12.7 Å². The molecule has 1 aromatic carbocycles. The number of esters is 2. The molecule has 0 radical (unpaired) electrons. The molecule has 1 heterocycles. The van der Waals surface area contributed by atoms with Gasteiger partial charge in [0.1, 0.15) is 5.57 Å². The predicted molar refractivity (Wildman–Crippen MR) is 68.6 cm³/mol. The Morgan fingerprint density at radius 2 is 1.95 bits per heavy atom. The summed E-state index contributed by atoms with van der Waals surface area (Å²) in [4.78, 5) is 23.0. The first-order valence-corrected chi connectivity index (χ1v) is 5.92. The third-order valence-corrected chi connectivity index (χ3v) is 3.03. The van der Waals surface area contributed by atoms with E-state index < -0.39 is 29.9 Å². The fourth-order valence-corrected chi connectivity index (χ4v) is 1.92. The van der Waals surface area contributed by atoms with Crippen LogP contribution in [0, 0.1) is 6.92 Å². The van der Waals surface area contributed by atoms with Gasteiger partial charge in [0, 0.05) is 0 Å². The standard InChI is InChI=1S/C14H14O6/c1-7-3-5-8(6-4-7)9-10(15)12(20-13(9)17)11(16)14(18)19-2/h3-6,11-12,15-16H,1-2H3/t11-,12+/m1/s1. The van der Waals surface area contributed by atoms with Gasteiger partial charge in [-0.2, -0.15) is 0 Å². The Morgan fingerprint density at radius 3 is 2.50 bits per heavy atom. The summed E-state index contributed by atoms with van der Waals surface area (Å²) in [7, 11) is 1.09. The van der Waals surface area contributed by atoms with Crippen molar-refractivity contribution >= 4 is 17.5 Å². The maximum Gasteiger partial charge on any atom is 0.343 e. The molecule has 1 aliphatic rings. The van der Waals surface area contributed by atoms with Gasteiger partial charge in [-0.1, -0.05) is 29.8 Å². The summed E-state index contributed by atoms with van der Waals surface area (Å²) in [5.74, 6) is -2.25. The highest BCUT2D eigenvalue weighted by Gasteiger charge is 2.42. The van der Waals surface area contributed by atoms with Crippen LogP contribution in [0.25, 0.3) is 5.57 Å². The SMILES string of the molecule is COC(=O)[C@H](O)[C@H]1OC(=O)C(c2ccc(C)cc2)=C1O. The largest absolute Gasteiger partial charge is 0.507 e. The molecule has 6 heteroatoms. The van der Waals surface area contributed by atoms with Crippen LogP contribution in [0.4, 0.5) is 0 Å². The first kappa shape index (κ1) is 14.1. The van der Waals surface area contributed by atoms with Gasteiger partial charge in [-0.05, 0) is 12.5 Å². The molecule has 0 amide bonds. The molecule has 0 spiro atoms. The lowest BCUT2D eigenvalue weighted by molar-refractivity contribution is -0.161. The van der Waals surface area contributed by atoms with Gasteiger partial charge in [-0.3, -0.25) is 0 Å². The Balaban J connectivity index is 2.37. The van der Waals surface area contributed by atoms with E-state index in [0.29, 0.717) is 5.56 Å². The number of carbonyl (C=O) groups is 2. The first-order chi connectivity index (χ1) is 9.45. The lowest BCUT2D eigenvalue weighted by Crippen LogP contribution is -2.36. The van der Waals surface area contributed by atoms with Crippen LogP contribution in [0.1, 0.15) is 11.1 Å². The Kier molecular flexibility index (Phi) is 3.76. The van der Waals surface area contributed by atoms with Crippen molar-refractivity contribution in [1.29, 1.82) is 0 Å². The maximum atomic E-state index is 11.8. The molecular weight excluding hydrogens is 264 g/mol. The summed E-state index contributed by atoms with van der Waals surface area (Å²) < 4.78 is 9.19. The molecule has 1 aliphatic heterocycles. The Hall–Kier alpha value is -2.34. The van der Waals surface area contributed by atoms with Crippen molar-refractivity contribution in [2.75, 3.05) is 7.11 Å². The Morgan fingerprint density at radius 1 is 1.35 bits per heavy atom. The molecule has 0 bridgehead atoms. The third-order valence-electron chi connectivity index (χ3n) is 3.03. The number of hydrogen-bond donors (Lipinski definition) is 2. The second-order valence-electron chi connectivity index (χ2n) is 4.42. The molecule has 6 nitrogen and oxygen atoms in total. The van der Waals surface area contributed by atoms with Crippen LogP contribution < -0.4 is 0 Å². The minimum atomic E-state index is -1.76. The minimum absolute atomic E-state index is 0.0575. The molecular formula is C14H14O6. The van der Waals surface area contributed by atoms with E-state index in [1.165, 1.54) is 0 Å². The molecule has 0 saturated carbocycles. The van der Waals surface area contributed by atoms with E-state index in [2.05, 4.69) is 4.74 Å². The lowest BCUT2D eigenvalue weighted by Gasteiger charge is -2.14. The van der Waals surface area contributed by atoms with Gasteiger partial charge in [0.15, 0.2) is 18.0 Å². The number of methoxy groups -OCH3 is 1. The van der Waals surface area contributed by atoms with Crippen molar-refractivity contribution in [3.8, 4) is 0 Å². The summed E-state index contributed by atoms with van der Waals surface area (Å²) in [6.07, 6.45) is -3.20. The number of hydrogen-bond acceptors (Lipinski definition) is 6. The number of benzene rings is 1. The van der Waals surface area contributed by atoms with E-state index in [-0.39, 0.29) is 5.57 Å². The summed E-state index contributed by atoms with van der Waals surface area (Å²) >= 11 is 0. The molecule has 2 N–H and O–H groups in total. The molecule has 20 heavy (non-hydrogen) atoms. The highest BCUT2D eigenvalue weighted by Crippen LogP contribution is 2.31. The third kappa shape index (κ3) is 2.37. The van der Waals surface area contributed by atoms with E-state index in [1.54, 1.807) is 24.3 Å². The number of cyclic esters (lactones) is 1. The number of rotatable bonds is 3. The molecule has 0 fully saturated rings. The zero-order valence-electron chi connectivity index (χ0n) is 11.0. The van der Waals surface area contributed by atoms with Crippen LogP contribution in [0.5, 0.6) is 0 Å². The number of aliphatic hydroxyl groups is 2. The molecule has 2 rings (SSSR count).